The van der Waals surface area contributed by atoms with E-state index in [0.29, 0.717) is 0 Å². The van der Waals surface area contributed by atoms with Gasteiger partial charge in [0.2, 0.25) is 11.6 Å². The second kappa shape index (κ2) is 7.94. The Bertz CT molecular complexity index is 488. The van der Waals surface area contributed by atoms with Crippen molar-refractivity contribution in [2.75, 3.05) is 6.61 Å². The van der Waals surface area contributed by atoms with Crippen molar-refractivity contribution in [1.29, 1.82) is 0 Å². The molecule has 1 aliphatic rings. The van der Waals surface area contributed by atoms with Crippen molar-refractivity contribution >= 4 is 17.7 Å². The Morgan fingerprint density at radius 1 is 1.17 bits per heavy atom. The maximum atomic E-state index is 11.6. The molecule has 0 aliphatic carbocycles. The summed E-state index contributed by atoms with van der Waals surface area (Å²) < 4.78 is 4.77. The first-order chi connectivity index (χ1) is 11.0. The summed E-state index contributed by atoms with van der Waals surface area (Å²) in [7, 11) is 0. The second-order valence-electron chi connectivity index (χ2n) is 5.16. The van der Waals surface area contributed by atoms with Gasteiger partial charge in [-0.15, -0.1) is 0 Å². The molecule has 0 saturated carbocycles. The third-order valence-corrected chi connectivity index (χ3v) is 3.23. The molecule has 6 N–H and O–H groups in total. The summed E-state index contributed by atoms with van der Waals surface area (Å²) >= 11 is 0. The number of ketones is 1. The van der Waals surface area contributed by atoms with Crippen molar-refractivity contribution in [2.45, 2.75) is 49.7 Å². The molecule has 12 heteroatoms. The fourth-order valence-electron chi connectivity index (χ4n) is 1.86. The highest BCUT2D eigenvalue weighted by molar-refractivity contribution is 6.33. The number of carbonyl (C=O) groups is 3. The molecule has 2 unspecified atom stereocenters. The van der Waals surface area contributed by atoms with Crippen LogP contribution in [0.4, 0.5) is 0 Å². The number of Topliss-reactive ketones (excluding diaryl/α,β-unsaturated/α-hetero) is 1. The molecule has 1 aliphatic heterocycles. The van der Waals surface area contributed by atoms with E-state index in [9.17, 15) is 34.8 Å². The smallest absolute Gasteiger partial charge is 0.394 e. The minimum atomic E-state index is -2.81. The Morgan fingerprint density at radius 3 is 2.25 bits per heavy atom. The molecule has 0 aromatic carbocycles. The summed E-state index contributed by atoms with van der Waals surface area (Å²) in [5, 5.41) is 56.7. The van der Waals surface area contributed by atoms with Crippen LogP contribution in [0.5, 0.6) is 0 Å². The van der Waals surface area contributed by atoms with Crippen molar-refractivity contribution in [2.24, 2.45) is 0 Å². The van der Waals surface area contributed by atoms with Gasteiger partial charge in [0.1, 0.15) is 24.4 Å². The van der Waals surface area contributed by atoms with E-state index in [1.807, 2.05) is 0 Å². The van der Waals surface area contributed by atoms with Gasteiger partial charge in [0.15, 0.2) is 6.10 Å². The Labute approximate surface area is 134 Å². The molecule has 1 saturated heterocycles. The topological polar surface area (TPSA) is 200 Å². The van der Waals surface area contributed by atoms with Crippen molar-refractivity contribution in [3.8, 4) is 0 Å². The zero-order valence-electron chi connectivity index (χ0n) is 12.4. The molecule has 138 valence electrons. The third-order valence-electron chi connectivity index (χ3n) is 3.23. The van der Waals surface area contributed by atoms with Crippen LogP contribution in [0.15, 0.2) is 0 Å². The average molecular weight is 354 g/mol. The summed E-state index contributed by atoms with van der Waals surface area (Å²) in [5.74, 6) is -7.44. The quantitative estimate of drug-likeness (QED) is 0.157. The van der Waals surface area contributed by atoms with Gasteiger partial charge in [-0.2, -0.15) is 0 Å². The maximum Gasteiger partial charge on any atom is 0.421 e. The first kappa shape index (κ1) is 20.4. The van der Waals surface area contributed by atoms with Gasteiger partial charge in [0, 0.05) is 0 Å². The second-order valence-corrected chi connectivity index (χ2v) is 5.16. The first-order valence-corrected chi connectivity index (χ1v) is 6.72. The van der Waals surface area contributed by atoms with Gasteiger partial charge in [-0.25, -0.2) is 19.4 Å². The lowest BCUT2D eigenvalue weighted by Gasteiger charge is -2.44. The number of aliphatic hydroxyl groups excluding tert-OH is 5. The Morgan fingerprint density at radius 2 is 1.75 bits per heavy atom. The van der Waals surface area contributed by atoms with E-state index in [1.165, 1.54) is 0 Å². The number of hydrogen-bond acceptors (Lipinski definition) is 12. The molecule has 0 radical (unpaired) electrons. The third kappa shape index (κ3) is 4.45. The number of hydrogen-bond donors (Lipinski definition) is 6. The van der Waals surface area contributed by atoms with Gasteiger partial charge in [0.05, 0.1) is 13.0 Å². The first-order valence-electron chi connectivity index (χ1n) is 6.72. The molecule has 0 aromatic rings. The molecule has 0 spiro atoms. The molecule has 1 heterocycles. The minimum absolute atomic E-state index is 0.863. The molecule has 1 fully saturated rings. The summed E-state index contributed by atoms with van der Waals surface area (Å²) in [4.78, 5) is 41.5. The van der Waals surface area contributed by atoms with Crippen molar-refractivity contribution in [3.63, 3.8) is 0 Å². The average Bonchev–Trinajstić information content (AvgIpc) is 2.53. The van der Waals surface area contributed by atoms with E-state index >= 15 is 0 Å². The Hall–Kier alpha value is -1.67. The van der Waals surface area contributed by atoms with E-state index in [0.717, 1.165) is 6.92 Å². The number of rotatable bonds is 5. The van der Waals surface area contributed by atoms with Crippen LogP contribution >= 0.6 is 0 Å². The van der Waals surface area contributed by atoms with Crippen LogP contribution in [0.3, 0.4) is 0 Å². The Balaban J connectivity index is 2.73. The van der Waals surface area contributed by atoms with E-state index in [4.69, 9.17) is 14.9 Å². The fourth-order valence-corrected chi connectivity index (χ4v) is 1.86. The van der Waals surface area contributed by atoms with Gasteiger partial charge in [-0.3, -0.25) is 4.79 Å². The lowest BCUT2D eigenvalue weighted by Crippen LogP contribution is -2.65. The van der Waals surface area contributed by atoms with Gasteiger partial charge < -0.3 is 35.4 Å². The molecular formula is C12H18O12. The van der Waals surface area contributed by atoms with Gasteiger partial charge >= 0.3 is 11.9 Å². The summed E-state index contributed by atoms with van der Waals surface area (Å²) in [6, 6.07) is 0. The predicted octanol–water partition coefficient (Wildman–Crippen LogP) is -4.51. The highest BCUT2D eigenvalue weighted by atomic mass is 17.2. The minimum Gasteiger partial charge on any atom is -0.394 e. The highest BCUT2D eigenvalue weighted by Gasteiger charge is 2.54. The van der Waals surface area contributed by atoms with Crippen LogP contribution in [-0.4, -0.2) is 91.3 Å². The fraction of sp³-hybridized carbons (Fsp3) is 0.750. The molecule has 0 aromatic heterocycles. The molecule has 6 atom stereocenters. The predicted molar refractivity (Wildman–Crippen MR) is 68.4 cm³/mol. The molecule has 24 heavy (non-hydrogen) atoms. The zero-order chi connectivity index (χ0) is 18.7. The van der Waals surface area contributed by atoms with E-state index in [-0.39, 0.29) is 0 Å². The van der Waals surface area contributed by atoms with Crippen LogP contribution in [-0.2, 0) is 28.9 Å². The number of carbonyl (C=O) groups excluding carboxylic acids is 3. The number of ether oxygens (including phenoxy) is 1. The number of aliphatic hydroxyl groups is 6. The van der Waals surface area contributed by atoms with Crippen LogP contribution in [0, 0.1) is 0 Å². The lowest BCUT2D eigenvalue weighted by molar-refractivity contribution is -0.348. The SMILES string of the molecule is CC(O)C(=O)OOC(=O)C(=O)CC1(O)O[C@H](CO)[C@@H](O)[C@H](O)[C@H]1O. The standard InChI is InChI=1S/C12H18O12/c1-4(14)10(19)23-24-11(20)5(15)2-12(21)9(18)8(17)7(16)6(3-13)22-12/h4,6-9,13-14,16-18,21H,2-3H2,1H3/t4?,6-,7-,8+,9-,12?/m1/s1. The van der Waals surface area contributed by atoms with E-state index in [2.05, 4.69) is 9.78 Å². The van der Waals surface area contributed by atoms with Crippen LogP contribution < -0.4 is 0 Å². The van der Waals surface area contributed by atoms with Crippen LogP contribution in [0.25, 0.3) is 0 Å². The highest BCUT2D eigenvalue weighted by Crippen LogP contribution is 2.31. The largest absolute Gasteiger partial charge is 0.421 e. The van der Waals surface area contributed by atoms with Crippen molar-refractivity contribution in [3.05, 3.63) is 0 Å². The Kier molecular flexibility index (Phi) is 6.74. The van der Waals surface area contributed by atoms with Gasteiger partial charge in [0.25, 0.3) is 0 Å². The maximum absolute atomic E-state index is 11.6. The molecule has 12 nitrogen and oxygen atoms in total. The van der Waals surface area contributed by atoms with Gasteiger partial charge in [-0.1, -0.05) is 0 Å². The van der Waals surface area contributed by atoms with Crippen molar-refractivity contribution in [1.82, 2.24) is 0 Å². The van der Waals surface area contributed by atoms with Crippen LogP contribution in [0.2, 0.25) is 0 Å². The summed E-state index contributed by atoms with van der Waals surface area (Å²) in [6.07, 6.45) is -10.3. The van der Waals surface area contributed by atoms with Gasteiger partial charge in [-0.05, 0) is 6.92 Å². The van der Waals surface area contributed by atoms with E-state index in [1.54, 1.807) is 0 Å². The lowest BCUT2D eigenvalue weighted by atomic mass is 9.89. The zero-order valence-corrected chi connectivity index (χ0v) is 12.4. The summed E-state index contributed by atoms with van der Waals surface area (Å²) in [6.45, 7) is 0.145. The molecule has 1 rings (SSSR count). The molecular weight excluding hydrogens is 336 g/mol. The monoisotopic (exact) mass is 354 g/mol. The normalized spacial score (nSPS) is 34.3. The van der Waals surface area contributed by atoms with Crippen LogP contribution in [0.1, 0.15) is 13.3 Å². The van der Waals surface area contributed by atoms with Crippen molar-refractivity contribution < 1.29 is 59.5 Å². The molecule has 0 amide bonds. The summed E-state index contributed by atoms with van der Waals surface area (Å²) in [5.41, 5.74) is 0. The van der Waals surface area contributed by atoms with E-state index < -0.39 is 67.1 Å². The molecule has 0 bridgehead atoms.